The van der Waals surface area contributed by atoms with Gasteiger partial charge in [-0.1, -0.05) is 0 Å². The number of nitrogens with one attached hydrogen (secondary N) is 1. The van der Waals surface area contributed by atoms with E-state index in [1.54, 1.807) is 24.9 Å². The lowest BCUT2D eigenvalue weighted by Crippen LogP contribution is -2.48. The summed E-state index contributed by atoms with van der Waals surface area (Å²) in [7, 11) is 1.80. The first-order valence-electron chi connectivity index (χ1n) is 5.41. The van der Waals surface area contributed by atoms with Crippen LogP contribution in [-0.4, -0.2) is 47.5 Å². The quantitative estimate of drug-likeness (QED) is 0.524. The molecule has 1 aliphatic rings. The molecule has 1 fully saturated rings. The highest BCUT2D eigenvalue weighted by Crippen LogP contribution is 2.17. The maximum Gasteiger partial charge on any atom is 0.241 e. The lowest BCUT2D eigenvalue weighted by atomic mass is 10.3. The van der Waals surface area contributed by atoms with E-state index in [-0.39, 0.29) is 5.91 Å². The van der Waals surface area contributed by atoms with E-state index in [2.05, 4.69) is 15.4 Å². The predicted octanol–water partition coefficient (Wildman–Crippen LogP) is -0.651. The molecular weight excluding hydrogens is 220 g/mol. The van der Waals surface area contributed by atoms with Crippen molar-refractivity contribution in [2.75, 3.05) is 37.0 Å². The van der Waals surface area contributed by atoms with Crippen LogP contribution >= 0.6 is 0 Å². The van der Waals surface area contributed by atoms with Gasteiger partial charge in [0, 0.05) is 26.2 Å². The van der Waals surface area contributed by atoms with Crippen molar-refractivity contribution >= 4 is 17.5 Å². The number of likely N-dealkylation sites (N-methyl/N-ethyl adjacent to an activating group) is 1. The number of aromatic nitrogens is 2. The van der Waals surface area contributed by atoms with Gasteiger partial charge in [0.25, 0.3) is 0 Å². The molecule has 0 saturated carbocycles. The fourth-order valence-corrected chi connectivity index (χ4v) is 1.74. The highest BCUT2D eigenvalue weighted by molar-refractivity contribution is 5.82. The van der Waals surface area contributed by atoms with Gasteiger partial charge in [-0.05, 0) is 6.92 Å². The molecule has 0 aliphatic carbocycles. The van der Waals surface area contributed by atoms with Crippen molar-refractivity contribution in [2.45, 2.75) is 6.92 Å². The van der Waals surface area contributed by atoms with Crippen molar-refractivity contribution in [1.29, 1.82) is 0 Å². The number of nitrogen functional groups attached to an aromatic ring is 1. The number of aryl methyl sites for hydroxylation is 1. The van der Waals surface area contributed by atoms with Gasteiger partial charge in [0.1, 0.15) is 17.5 Å². The Morgan fingerprint density at radius 1 is 1.41 bits per heavy atom. The van der Waals surface area contributed by atoms with Gasteiger partial charge in [0.2, 0.25) is 5.91 Å². The molecule has 1 aliphatic heterocycles. The van der Waals surface area contributed by atoms with Crippen LogP contribution in [0.3, 0.4) is 0 Å². The van der Waals surface area contributed by atoms with E-state index in [4.69, 9.17) is 5.84 Å². The van der Waals surface area contributed by atoms with Crippen LogP contribution in [0.5, 0.6) is 0 Å². The highest BCUT2D eigenvalue weighted by atomic mass is 16.2. The van der Waals surface area contributed by atoms with Crippen molar-refractivity contribution in [3.8, 4) is 0 Å². The summed E-state index contributed by atoms with van der Waals surface area (Å²) in [6.07, 6.45) is 0. The van der Waals surface area contributed by atoms with E-state index in [1.807, 2.05) is 4.90 Å². The average Bonchev–Trinajstić information content (AvgIpc) is 2.32. The minimum atomic E-state index is 0.0924. The van der Waals surface area contributed by atoms with Crippen LogP contribution in [-0.2, 0) is 4.79 Å². The Hall–Kier alpha value is -1.89. The second-order valence-electron chi connectivity index (χ2n) is 4.04. The first-order valence-corrected chi connectivity index (χ1v) is 5.41. The third kappa shape index (κ3) is 2.44. The summed E-state index contributed by atoms with van der Waals surface area (Å²) in [5, 5.41) is 0. The molecule has 1 aromatic rings. The number of amides is 1. The minimum absolute atomic E-state index is 0.0924. The molecule has 0 aromatic carbocycles. The average molecular weight is 236 g/mol. The summed E-state index contributed by atoms with van der Waals surface area (Å²) < 4.78 is 0. The zero-order valence-electron chi connectivity index (χ0n) is 9.97. The number of hydrazine groups is 1. The Morgan fingerprint density at radius 2 is 2.18 bits per heavy atom. The first kappa shape index (κ1) is 11.6. The molecule has 1 aromatic heterocycles. The van der Waals surface area contributed by atoms with Crippen LogP contribution in [0.25, 0.3) is 0 Å². The highest BCUT2D eigenvalue weighted by Gasteiger charge is 2.22. The van der Waals surface area contributed by atoms with Gasteiger partial charge in [-0.25, -0.2) is 15.8 Å². The number of hydrogen-bond acceptors (Lipinski definition) is 6. The van der Waals surface area contributed by atoms with Crippen molar-refractivity contribution in [2.24, 2.45) is 5.84 Å². The second kappa shape index (κ2) is 4.54. The van der Waals surface area contributed by atoms with Gasteiger partial charge in [0.15, 0.2) is 0 Å². The Labute approximate surface area is 99.6 Å². The van der Waals surface area contributed by atoms with E-state index in [0.29, 0.717) is 24.7 Å². The van der Waals surface area contributed by atoms with Gasteiger partial charge in [0.05, 0.1) is 6.54 Å². The van der Waals surface area contributed by atoms with E-state index in [0.717, 1.165) is 12.4 Å². The summed E-state index contributed by atoms with van der Waals surface area (Å²) in [5.74, 6) is 7.33. The van der Waals surface area contributed by atoms with Gasteiger partial charge >= 0.3 is 0 Å². The summed E-state index contributed by atoms with van der Waals surface area (Å²) in [4.78, 5) is 23.7. The number of nitrogens with two attached hydrogens (primary N) is 1. The third-order valence-corrected chi connectivity index (χ3v) is 2.75. The molecule has 0 radical (unpaired) electrons. The van der Waals surface area contributed by atoms with Crippen molar-refractivity contribution in [3.63, 3.8) is 0 Å². The molecule has 7 heteroatoms. The van der Waals surface area contributed by atoms with Crippen molar-refractivity contribution in [3.05, 3.63) is 11.9 Å². The van der Waals surface area contributed by atoms with E-state index in [1.165, 1.54) is 0 Å². The molecular formula is C10H16N6O. The molecule has 1 saturated heterocycles. The molecule has 17 heavy (non-hydrogen) atoms. The fourth-order valence-electron chi connectivity index (χ4n) is 1.74. The fraction of sp³-hybridized carbons (Fsp3) is 0.500. The van der Waals surface area contributed by atoms with Crippen LogP contribution in [0, 0.1) is 6.92 Å². The normalized spacial score (nSPS) is 16.3. The third-order valence-electron chi connectivity index (χ3n) is 2.75. The lowest BCUT2D eigenvalue weighted by molar-refractivity contribution is -0.129. The molecule has 2 heterocycles. The Kier molecular flexibility index (Phi) is 3.10. The summed E-state index contributed by atoms with van der Waals surface area (Å²) in [5.41, 5.74) is 2.49. The standard InChI is InChI=1S/C10H16N6O/c1-7-12-8(14-11)5-9(13-7)16-4-3-15(2)10(17)6-16/h5H,3-4,6,11H2,1-2H3,(H,12,13,14). The number of hydrogen-bond donors (Lipinski definition) is 2. The lowest BCUT2D eigenvalue weighted by Gasteiger charge is -2.32. The minimum Gasteiger partial charge on any atom is -0.345 e. The predicted molar refractivity (Wildman–Crippen MR) is 64.4 cm³/mol. The Balaban J connectivity index is 2.22. The first-order chi connectivity index (χ1) is 8.10. The number of rotatable bonds is 2. The topological polar surface area (TPSA) is 87.4 Å². The van der Waals surface area contributed by atoms with Crippen molar-refractivity contribution < 1.29 is 4.79 Å². The van der Waals surface area contributed by atoms with Gasteiger partial charge in [-0.15, -0.1) is 0 Å². The van der Waals surface area contributed by atoms with Crippen LogP contribution in [0.15, 0.2) is 6.07 Å². The number of nitrogens with zero attached hydrogens (tertiary/aromatic N) is 4. The van der Waals surface area contributed by atoms with Crippen LogP contribution < -0.4 is 16.2 Å². The van der Waals surface area contributed by atoms with E-state index in [9.17, 15) is 4.79 Å². The smallest absolute Gasteiger partial charge is 0.241 e. The molecule has 92 valence electrons. The van der Waals surface area contributed by atoms with Gasteiger partial charge in [-0.2, -0.15) is 0 Å². The number of carbonyl (C=O) groups is 1. The number of carbonyl (C=O) groups excluding carboxylic acids is 1. The number of anilines is 2. The summed E-state index contributed by atoms with van der Waals surface area (Å²) in [6.45, 7) is 3.61. The summed E-state index contributed by atoms with van der Waals surface area (Å²) >= 11 is 0. The SMILES string of the molecule is Cc1nc(NN)cc(N2CCN(C)C(=O)C2)n1. The Morgan fingerprint density at radius 3 is 2.82 bits per heavy atom. The van der Waals surface area contributed by atoms with Crippen LogP contribution in [0.2, 0.25) is 0 Å². The molecule has 3 N–H and O–H groups in total. The summed E-state index contributed by atoms with van der Waals surface area (Å²) in [6, 6.07) is 1.74. The van der Waals surface area contributed by atoms with Crippen LogP contribution in [0.1, 0.15) is 5.82 Å². The molecule has 7 nitrogen and oxygen atoms in total. The molecule has 2 rings (SSSR count). The van der Waals surface area contributed by atoms with Crippen molar-refractivity contribution in [1.82, 2.24) is 14.9 Å². The van der Waals surface area contributed by atoms with Gasteiger partial charge < -0.3 is 15.2 Å². The van der Waals surface area contributed by atoms with Gasteiger partial charge in [-0.3, -0.25) is 4.79 Å². The maximum atomic E-state index is 11.6. The number of piperazine rings is 1. The monoisotopic (exact) mass is 236 g/mol. The van der Waals surface area contributed by atoms with Crippen LogP contribution in [0.4, 0.5) is 11.6 Å². The zero-order chi connectivity index (χ0) is 12.4. The largest absolute Gasteiger partial charge is 0.345 e. The zero-order valence-corrected chi connectivity index (χ0v) is 9.97. The Bertz CT molecular complexity index is 435. The molecule has 0 spiro atoms. The second-order valence-corrected chi connectivity index (χ2v) is 4.04. The van der Waals surface area contributed by atoms with E-state index < -0.39 is 0 Å². The molecule has 1 amide bonds. The maximum absolute atomic E-state index is 11.6. The molecule has 0 bridgehead atoms. The van der Waals surface area contributed by atoms with E-state index >= 15 is 0 Å². The molecule has 0 unspecified atom stereocenters. The molecule has 0 atom stereocenters.